The minimum absolute atomic E-state index is 0.204. The summed E-state index contributed by atoms with van der Waals surface area (Å²) < 4.78 is 5.10. The van der Waals surface area contributed by atoms with E-state index in [0.29, 0.717) is 21.8 Å². The molecule has 1 heterocycles. The first-order valence-corrected chi connectivity index (χ1v) is 6.19. The van der Waals surface area contributed by atoms with Crippen molar-refractivity contribution < 1.29 is 14.6 Å². The summed E-state index contributed by atoms with van der Waals surface area (Å²) in [7, 11) is 0. The molecule has 1 fully saturated rings. The minimum Gasteiger partial charge on any atom is -0.444 e. The number of cyclic esters (lactones) is 1. The van der Waals surface area contributed by atoms with Crippen molar-refractivity contribution in [3.63, 3.8) is 0 Å². The second-order valence-electron chi connectivity index (χ2n) is 4.39. The Kier molecular flexibility index (Phi) is 3.65. The van der Waals surface area contributed by atoms with Gasteiger partial charge in [0.2, 0.25) is 0 Å². The summed E-state index contributed by atoms with van der Waals surface area (Å²) in [5.41, 5.74) is 1.52. The van der Waals surface area contributed by atoms with Gasteiger partial charge in [-0.25, -0.2) is 4.79 Å². The van der Waals surface area contributed by atoms with Gasteiger partial charge in [-0.15, -0.1) is 0 Å². The van der Waals surface area contributed by atoms with Gasteiger partial charge < -0.3 is 9.84 Å². The van der Waals surface area contributed by atoms with Crippen LogP contribution in [0.2, 0.25) is 5.02 Å². The fourth-order valence-corrected chi connectivity index (χ4v) is 2.37. The Morgan fingerprint density at radius 2 is 2.26 bits per heavy atom. The summed E-state index contributed by atoms with van der Waals surface area (Å²) in [5.74, 6) is 0. The van der Waals surface area contributed by atoms with Gasteiger partial charge in [-0.05, 0) is 31.5 Å². The van der Waals surface area contributed by atoms with Crippen molar-refractivity contribution in [2.75, 3.05) is 11.5 Å². The Morgan fingerprint density at radius 1 is 1.58 bits per heavy atom. The highest BCUT2D eigenvalue weighted by molar-refractivity contribution is 6.33. The van der Waals surface area contributed by atoms with E-state index in [1.54, 1.807) is 26.0 Å². The van der Waals surface area contributed by atoms with Crippen LogP contribution in [0, 0.1) is 18.3 Å². The normalized spacial score (nSPS) is 22.3. The summed E-state index contributed by atoms with van der Waals surface area (Å²) in [5, 5.41) is 18.6. The van der Waals surface area contributed by atoms with E-state index in [-0.39, 0.29) is 6.61 Å². The number of halogens is 1. The van der Waals surface area contributed by atoms with E-state index < -0.39 is 18.2 Å². The molecule has 0 spiro atoms. The molecule has 2 rings (SSSR count). The van der Waals surface area contributed by atoms with E-state index >= 15 is 0 Å². The van der Waals surface area contributed by atoms with E-state index in [1.807, 2.05) is 6.07 Å². The van der Waals surface area contributed by atoms with E-state index in [4.69, 9.17) is 21.6 Å². The van der Waals surface area contributed by atoms with E-state index in [1.165, 1.54) is 4.90 Å². The number of hydrogen-bond acceptors (Lipinski definition) is 4. The summed E-state index contributed by atoms with van der Waals surface area (Å²) >= 11 is 6.09. The van der Waals surface area contributed by atoms with Crippen LogP contribution in [0.3, 0.4) is 0 Å². The molecule has 100 valence electrons. The average molecular weight is 281 g/mol. The lowest BCUT2D eigenvalue weighted by atomic mass is 10.1. The highest BCUT2D eigenvalue weighted by Crippen LogP contribution is 2.34. The summed E-state index contributed by atoms with van der Waals surface area (Å²) in [6.45, 7) is 3.24. The van der Waals surface area contributed by atoms with Crippen LogP contribution in [0.1, 0.15) is 18.1 Å². The number of nitrogens with zero attached hydrogens (tertiary/aromatic N) is 2. The molecule has 5 nitrogen and oxygen atoms in total. The van der Waals surface area contributed by atoms with Crippen LogP contribution < -0.4 is 4.90 Å². The van der Waals surface area contributed by atoms with E-state index in [0.717, 1.165) is 0 Å². The molecule has 1 aliphatic rings. The van der Waals surface area contributed by atoms with Crippen molar-refractivity contribution in [1.82, 2.24) is 0 Å². The van der Waals surface area contributed by atoms with Crippen molar-refractivity contribution in [2.24, 2.45) is 0 Å². The molecule has 1 N–H and O–H groups in total. The maximum Gasteiger partial charge on any atom is 0.415 e. The number of rotatable bonds is 2. The van der Waals surface area contributed by atoms with Crippen molar-refractivity contribution in [1.29, 1.82) is 5.26 Å². The first kappa shape index (κ1) is 13.7. The molecular formula is C13H13ClN2O3. The third kappa shape index (κ3) is 2.14. The van der Waals surface area contributed by atoms with Crippen LogP contribution in [0.5, 0.6) is 0 Å². The van der Waals surface area contributed by atoms with Crippen LogP contribution in [0.15, 0.2) is 12.1 Å². The Bertz CT molecular complexity index is 568. The first-order valence-electron chi connectivity index (χ1n) is 5.81. The number of amides is 1. The molecule has 0 unspecified atom stereocenters. The molecule has 6 heteroatoms. The Balaban J connectivity index is 2.50. The number of aliphatic hydroxyl groups is 1. The Morgan fingerprint density at radius 3 is 2.84 bits per heavy atom. The first-order chi connectivity index (χ1) is 9.01. The predicted molar refractivity (Wildman–Crippen MR) is 70.2 cm³/mol. The lowest BCUT2D eigenvalue weighted by Gasteiger charge is -2.23. The Labute approximate surface area is 116 Å². The second-order valence-corrected chi connectivity index (χ2v) is 4.77. The maximum atomic E-state index is 11.9. The van der Waals surface area contributed by atoms with Crippen molar-refractivity contribution >= 4 is 23.4 Å². The van der Waals surface area contributed by atoms with E-state index in [2.05, 4.69) is 0 Å². The average Bonchev–Trinajstić information content (AvgIpc) is 2.67. The molecular weight excluding hydrogens is 268 g/mol. The lowest BCUT2D eigenvalue weighted by Crippen LogP contribution is -2.39. The quantitative estimate of drug-likeness (QED) is 0.901. The molecule has 1 aliphatic heterocycles. The third-order valence-electron chi connectivity index (χ3n) is 3.28. The van der Waals surface area contributed by atoms with E-state index in [9.17, 15) is 9.90 Å². The SMILES string of the molecule is Cc1c(N2C(=O)O[C@@H](C)[C@@H]2CO)ccc(C#N)c1Cl. The minimum atomic E-state index is -0.518. The molecule has 0 saturated carbocycles. The van der Waals surface area contributed by atoms with Crippen molar-refractivity contribution in [2.45, 2.75) is 26.0 Å². The van der Waals surface area contributed by atoms with Crippen molar-refractivity contribution in [3.05, 3.63) is 28.3 Å². The van der Waals surface area contributed by atoms with Crippen LogP contribution >= 0.6 is 11.6 Å². The predicted octanol–water partition coefficient (Wildman–Crippen LogP) is 2.23. The molecule has 0 bridgehead atoms. The highest BCUT2D eigenvalue weighted by atomic mass is 35.5. The molecule has 0 radical (unpaired) electrons. The number of aliphatic hydroxyl groups excluding tert-OH is 1. The molecule has 2 atom stereocenters. The maximum absolute atomic E-state index is 11.9. The van der Waals surface area contributed by atoms with Crippen LogP contribution in [-0.4, -0.2) is 30.0 Å². The van der Waals surface area contributed by atoms with Gasteiger partial charge in [-0.2, -0.15) is 5.26 Å². The smallest absolute Gasteiger partial charge is 0.415 e. The van der Waals surface area contributed by atoms with Gasteiger partial charge in [0.05, 0.1) is 22.9 Å². The topological polar surface area (TPSA) is 73.6 Å². The zero-order valence-electron chi connectivity index (χ0n) is 10.6. The van der Waals surface area contributed by atoms with Crippen LogP contribution in [-0.2, 0) is 4.74 Å². The zero-order valence-corrected chi connectivity index (χ0v) is 11.3. The van der Waals surface area contributed by atoms with Gasteiger partial charge in [0, 0.05) is 0 Å². The highest BCUT2D eigenvalue weighted by Gasteiger charge is 2.40. The fourth-order valence-electron chi connectivity index (χ4n) is 2.17. The Hall–Kier alpha value is -1.77. The second kappa shape index (κ2) is 5.08. The summed E-state index contributed by atoms with van der Waals surface area (Å²) in [6, 6.07) is 4.73. The fraction of sp³-hybridized carbons (Fsp3) is 0.385. The molecule has 0 aromatic heterocycles. The number of carbonyl (C=O) groups is 1. The number of ether oxygens (including phenoxy) is 1. The van der Waals surface area contributed by atoms with Gasteiger partial charge in [0.15, 0.2) is 0 Å². The third-order valence-corrected chi connectivity index (χ3v) is 3.77. The van der Waals surface area contributed by atoms with Gasteiger partial charge in [0.25, 0.3) is 0 Å². The molecule has 1 aromatic rings. The van der Waals surface area contributed by atoms with Gasteiger partial charge in [0.1, 0.15) is 18.2 Å². The lowest BCUT2D eigenvalue weighted by molar-refractivity contribution is 0.129. The standard InChI is InChI=1S/C13H13ClN2O3/c1-7-10(4-3-9(5-15)12(7)14)16-11(6-17)8(2)19-13(16)18/h3-4,8,11,17H,6H2,1-2H3/t8-,11-/m0/s1. The number of hydrogen-bond donors (Lipinski definition) is 1. The number of benzene rings is 1. The number of nitriles is 1. The molecule has 0 aliphatic carbocycles. The molecule has 1 saturated heterocycles. The van der Waals surface area contributed by atoms with Gasteiger partial charge in [-0.3, -0.25) is 4.90 Å². The number of anilines is 1. The summed E-state index contributed by atoms with van der Waals surface area (Å²) in [6.07, 6.45) is -0.915. The zero-order chi connectivity index (χ0) is 14.2. The summed E-state index contributed by atoms with van der Waals surface area (Å²) in [4.78, 5) is 13.2. The molecule has 1 aromatic carbocycles. The number of carbonyl (C=O) groups excluding carboxylic acids is 1. The van der Waals surface area contributed by atoms with Crippen molar-refractivity contribution in [3.8, 4) is 6.07 Å². The monoisotopic (exact) mass is 280 g/mol. The largest absolute Gasteiger partial charge is 0.444 e. The molecule has 1 amide bonds. The molecule has 19 heavy (non-hydrogen) atoms. The van der Waals surface area contributed by atoms with Gasteiger partial charge in [-0.1, -0.05) is 11.6 Å². The van der Waals surface area contributed by atoms with Crippen LogP contribution in [0.25, 0.3) is 0 Å². The van der Waals surface area contributed by atoms with Crippen LogP contribution in [0.4, 0.5) is 10.5 Å². The van der Waals surface area contributed by atoms with Gasteiger partial charge >= 0.3 is 6.09 Å².